The molecule has 3 nitrogen and oxygen atoms in total. The van der Waals surface area contributed by atoms with E-state index in [1.54, 1.807) is 14.2 Å². The number of hydrogen-bond acceptors (Lipinski definition) is 3. The highest BCUT2D eigenvalue weighted by molar-refractivity contribution is 5.47. The van der Waals surface area contributed by atoms with Gasteiger partial charge in [-0.15, -0.1) is 0 Å². The second kappa shape index (κ2) is 6.50. The van der Waals surface area contributed by atoms with Gasteiger partial charge in [-0.3, -0.25) is 0 Å². The molecule has 0 amide bonds. The zero-order valence-electron chi connectivity index (χ0n) is 11.5. The van der Waals surface area contributed by atoms with Crippen LogP contribution in [0.5, 0.6) is 11.5 Å². The third kappa shape index (κ3) is 3.37. The predicted octanol–water partition coefficient (Wildman–Crippen LogP) is 2.94. The molecule has 1 rings (SSSR count). The standard InChI is InChI=1S/C14H23NO2/c1-6-15-9-11-7-14(17-5)12(10(2)3)8-13(11)16-4/h7-8,10,15H,6,9H2,1-5H3. The van der Waals surface area contributed by atoms with Crippen molar-refractivity contribution in [3.05, 3.63) is 23.3 Å². The lowest BCUT2D eigenvalue weighted by atomic mass is 9.99. The van der Waals surface area contributed by atoms with Crippen molar-refractivity contribution >= 4 is 0 Å². The van der Waals surface area contributed by atoms with E-state index in [9.17, 15) is 0 Å². The number of nitrogens with one attached hydrogen (secondary N) is 1. The second-order valence-electron chi connectivity index (χ2n) is 4.34. The van der Waals surface area contributed by atoms with Crippen molar-refractivity contribution in [2.24, 2.45) is 0 Å². The minimum Gasteiger partial charge on any atom is -0.496 e. The van der Waals surface area contributed by atoms with E-state index >= 15 is 0 Å². The van der Waals surface area contributed by atoms with Crippen molar-refractivity contribution in [1.82, 2.24) is 5.32 Å². The fourth-order valence-corrected chi connectivity index (χ4v) is 1.83. The minimum atomic E-state index is 0.423. The number of methoxy groups -OCH3 is 2. The van der Waals surface area contributed by atoms with Crippen LogP contribution in [0, 0.1) is 0 Å². The molecule has 0 atom stereocenters. The molecule has 0 fully saturated rings. The molecule has 1 aromatic rings. The largest absolute Gasteiger partial charge is 0.496 e. The zero-order chi connectivity index (χ0) is 12.8. The highest BCUT2D eigenvalue weighted by atomic mass is 16.5. The normalized spacial score (nSPS) is 10.7. The van der Waals surface area contributed by atoms with Gasteiger partial charge in [-0.05, 0) is 24.6 Å². The molecule has 1 aromatic carbocycles. The van der Waals surface area contributed by atoms with E-state index in [0.717, 1.165) is 30.2 Å². The Balaban J connectivity index is 3.13. The summed E-state index contributed by atoms with van der Waals surface area (Å²) in [6.07, 6.45) is 0. The van der Waals surface area contributed by atoms with E-state index < -0.39 is 0 Å². The molecular weight excluding hydrogens is 214 g/mol. The summed E-state index contributed by atoms with van der Waals surface area (Å²) in [6.45, 7) is 8.14. The summed E-state index contributed by atoms with van der Waals surface area (Å²) < 4.78 is 10.9. The van der Waals surface area contributed by atoms with Crippen LogP contribution in [0.3, 0.4) is 0 Å². The summed E-state index contributed by atoms with van der Waals surface area (Å²) in [6, 6.07) is 4.15. The van der Waals surface area contributed by atoms with Gasteiger partial charge in [-0.1, -0.05) is 20.8 Å². The first-order valence-corrected chi connectivity index (χ1v) is 6.09. The first-order valence-electron chi connectivity index (χ1n) is 6.09. The van der Waals surface area contributed by atoms with Crippen molar-refractivity contribution in [3.63, 3.8) is 0 Å². The Morgan fingerprint density at radius 2 is 1.76 bits per heavy atom. The quantitative estimate of drug-likeness (QED) is 0.825. The molecule has 0 aliphatic rings. The molecule has 0 saturated carbocycles. The van der Waals surface area contributed by atoms with Gasteiger partial charge < -0.3 is 14.8 Å². The van der Waals surface area contributed by atoms with Gasteiger partial charge in [0.05, 0.1) is 14.2 Å². The molecule has 0 bridgehead atoms. The van der Waals surface area contributed by atoms with Gasteiger partial charge in [-0.25, -0.2) is 0 Å². The van der Waals surface area contributed by atoms with Crippen LogP contribution in [-0.2, 0) is 6.54 Å². The molecule has 3 heteroatoms. The molecule has 0 unspecified atom stereocenters. The monoisotopic (exact) mass is 237 g/mol. The molecule has 0 radical (unpaired) electrons. The van der Waals surface area contributed by atoms with Crippen molar-refractivity contribution in [1.29, 1.82) is 0 Å². The molecule has 0 saturated heterocycles. The van der Waals surface area contributed by atoms with Crippen LogP contribution in [0.25, 0.3) is 0 Å². The summed E-state index contributed by atoms with van der Waals surface area (Å²) in [7, 11) is 3.42. The highest BCUT2D eigenvalue weighted by Gasteiger charge is 2.13. The smallest absolute Gasteiger partial charge is 0.123 e. The van der Waals surface area contributed by atoms with Crippen LogP contribution in [-0.4, -0.2) is 20.8 Å². The molecule has 96 valence electrons. The van der Waals surface area contributed by atoms with E-state index in [1.165, 1.54) is 5.56 Å². The lowest BCUT2D eigenvalue weighted by Crippen LogP contribution is -2.13. The van der Waals surface area contributed by atoms with Crippen LogP contribution in [0.1, 0.15) is 37.8 Å². The molecular formula is C14H23NO2. The van der Waals surface area contributed by atoms with Crippen LogP contribution in [0.4, 0.5) is 0 Å². The van der Waals surface area contributed by atoms with Crippen LogP contribution in [0.15, 0.2) is 12.1 Å². The van der Waals surface area contributed by atoms with Crippen LogP contribution >= 0.6 is 0 Å². The Bertz CT molecular complexity index is 361. The Morgan fingerprint density at radius 1 is 1.12 bits per heavy atom. The maximum absolute atomic E-state index is 5.44. The van der Waals surface area contributed by atoms with Crippen molar-refractivity contribution in [2.75, 3.05) is 20.8 Å². The fourth-order valence-electron chi connectivity index (χ4n) is 1.83. The van der Waals surface area contributed by atoms with Crippen molar-refractivity contribution < 1.29 is 9.47 Å². The minimum absolute atomic E-state index is 0.423. The average molecular weight is 237 g/mol. The van der Waals surface area contributed by atoms with E-state index in [0.29, 0.717) is 5.92 Å². The molecule has 17 heavy (non-hydrogen) atoms. The Kier molecular flexibility index (Phi) is 5.29. The number of rotatable bonds is 6. The summed E-state index contributed by atoms with van der Waals surface area (Å²) in [5, 5.41) is 3.30. The molecule has 0 heterocycles. The molecule has 0 spiro atoms. The van der Waals surface area contributed by atoms with Gasteiger partial charge in [-0.2, -0.15) is 0 Å². The topological polar surface area (TPSA) is 30.5 Å². The van der Waals surface area contributed by atoms with E-state index in [1.807, 2.05) is 0 Å². The third-order valence-corrected chi connectivity index (χ3v) is 2.82. The van der Waals surface area contributed by atoms with E-state index in [4.69, 9.17) is 9.47 Å². The predicted molar refractivity (Wildman–Crippen MR) is 71.0 cm³/mol. The maximum Gasteiger partial charge on any atom is 0.123 e. The summed E-state index contributed by atoms with van der Waals surface area (Å²) in [4.78, 5) is 0. The fraction of sp³-hybridized carbons (Fsp3) is 0.571. The lowest BCUT2D eigenvalue weighted by Gasteiger charge is -2.17. The van der Waals surface area contributed by atoms with Gasteiger partial charge >= 0.3 is 0 Å². The van der Waals surface area contributed by atoms with Crippen LogP contribution in [0.2, 0.25) is 0 Å². The molecule has 0 aromatic heterocycles. The number of hydrogen-bond donors (Lipinski definition) is 1. The SMILES string of the molecule is CCNCc1cc(OC)c(C(C)C)cc1OC. The maximum atomic E-state index is 5.44. The van der Waals surface area contributed by atoms with Gasteiger partial charge in [0.25, 0.3) is 0 Å². The Morgan fingerprint density at radius 3 is 2.24 bits per heavy atom. The van der Waals surface area contributed by atoms with Gasteiger partial charge in [0.1, 0.15) is 11.5 Å². The van der Waals surface area contributed by atoms with Crippen LogP contribution < -0.4 is 14.8 Å². The molecule has 0 aliphatic carbocycles. The summed E-state index contributed by atoms with van der Waals surface area (Å²) >= 11 is 0. The van der Waals surface area contributed by atoms with Gasteiger partial charge in [0.2, 0.25) is 0 Å². The highest BCUT2D eigenvalue weighted by Crippen LogP contribution is 2.33. The van der Waals surface area contributed by atoms with Gasteiger partial charge in [0, 0.05) is 17.7 Å². The zero-order valence-corrected chi connectivity index (χ0v) is 11.5. The third-order valence-electron chi connectivity index (χ3n) is 2.82. The first kappa shape index (κ1) is 13.8. The Labute approximate surface area is 104 Å². The number of benzene rings is 1. The molecule has 1 N–H and O–H groups in total. The lowest BCUT2D eigenvalue weighted by molar-refractivity contribution is 0.392. The first-order chi connectivity index (χ1) is 8.13. The van der Waals surface area contributed by atoms with E-state index in [-0.39, 0.29) is 0 Å². The average Bonchev–Trinajstić information content (AvgIpc) is 2.34. The summed E-state index contributed by atoms with van der Waals surface area (Å²) in [5.41, 5.74) is 2.32. The van der Waals surface area contributed by atoms with Crippen molar-refractivity contribution in [2.45, 2.75) is 33.2 Å². The Hall–Kier alpha value is -1.22. The second-order valence-corrected chi connectivity index (χ2v) is 4.34. The van der Waals surface area contributed by atoms with E-state index in [2.05, 4.69) is 38.2 Å². The summed E-state index contributed by atoms with van der Waals surface area (Å²) in [5.74, 6) is 2.29. The molecule has 0 aliphatic heterocycles. The van der Waals surface area contributed by atoms with Gasteiger partial charge in [0.15, 0.2) is 0 Å². The number of ether oxygens (including phenoxy) is 2. The van der Waals surface area contributed by atoms with Crippen molar-refractivity contribution in [3.8, 4) is 11.5 Å².